The Hall–Kier alpha value is -2.60. The third-order valence-corrected chi connectivity index (χ3v) is 3.87. The molecule has 110 valence electrons. The molecule has 3 N–H and O–H groups in total. The van der Waals surface area contributed by atoms with Crippen LogP contribution in [0.15, 0.2) is 65.1 Å². The number of rotatable bonds is 3. The number of nitrogens with one attached hydrogen (secondary N) is 1. The van der Waals surface area contributed by atoms with E-state index in [1.165, 1.54) is 0 Å². The van der Waals surface area contributed by atoms with Crippen molar-refractivity contribution < 1.29 is 4.79 Å². The average Bonchev–Trinajstić information content (AvgIpc) is 2.86. The third kappa shape index (κ3) is 2.73. The van der Waals surface area contributed by atoms with Crippen LogP contribution in [0.25, 0.3) is 16.9 Å². The van der Waals surface area contributed by atoms with Crippen molar-refractivity contribution >= 4 is 27.8 Å². The highest BCUT2D eigenvalue weighted by Gasteiger charge is 2.19. The quantitative estimate of drug-likeness (QED) is 0.749. The zero-order valence-corrected chi connectivity index (χ0v) is 13.1. The van der Waals surface area contributed by atoms with E-state index < -0.39 is 6.03 Å². The van der Waals surface area contributed by atoms with E-state index in [9.17, 15) is 4.79 Å². The zero-order chi connectivity index (χ0) is 15.5. The molecule has 0 spiro atoms. The summed E-state index contributed by atoms with van der Waals surface area (Å²) in [5.41, 5.74) is 7.78. The van der Waals surface area contributed by atoms with Gasteiger partial charge in [0.15, 0.2) is 5.82 Å². The number of primary amides is 1. The molecular weight excluding hydrogens is 344 g/mol. The van der Waals surface area contributed by atoms with Crippen LogP contribution in [0.4, 0.5) is 10.6 Å². The van der Waals surface area contributed by atoms with Crippen molar-refractivity contribution in [1.29, 1.82) is 0 Å². The monoisotopic (exact) mass is 356 g/mol. The lowest BCUT2D eigenvalue weighted by atomic mass is 10.1. The number of anilines is 1. The second-order valence-corrected chi connectivity index (χ2v) is 5.41. The second kappa shape index (κ2) is 6.03. The van der Waals surface area contributed by atoms with E-state index >= 15 is 0 Å². The van der Waals surface area contributed by atoms with Crippen LogP contribution in [0.1, 0.15) is 0 Å². The Morgan fingerprint density at radius 1 is 1.05 bits per heavy atom. The fraction of sp³-hybridized carbons (Fsp3) is 0. The Balaban J connectivity index is 2.19. The molecule has 0 radical (unpaired) electrons. The van der Waals surface area contributed by atoms with Crippen molar-refractivity contribution in [3.63, 3.8) is 0 Å². The van der Waals surface area contributed by atoms with Crippen LogP contribution in [0.5, 0.6) is 0 Å². The molecule has 3 aromatic rings. The topological polar surface area (TPSA) is 72.9 Å². The highest BCUT2D eigenvalue weighted by atomic mass is 79.9. The van der Waals surface area contributed by atoms with Crippen LogP contribution in [0, 0.1) is 0 Å². The van der Waals surface area contributed by atoms with Crippen molar-refractivity contribution in [1.82, 2.24) is 9.78 Å². The van der Waals surface area contributed by atoms with E-state index in [0.29, 0.717) is 10.3 Å². The Morgan fingerprint density at radius 3 is 2.23 bits per heavy atom. The number of hydrogen-bond acceptors (Lipinski definition) is 2. The summed E-state index contributed by atoms with van der Waals surface area (Å²) < 4.78 is 2.33. The zero-order valence-electron chi connectivity index (χ0n) is 11.5. The Labute approximate surface area is 135 Å². The van der Waals surface area contributed by atoms with Gasteiger partial charge >= 0.3 is 6.03 Å². The van der Waals surface area contributed by atoms with E-state index in [4.69, 9.17) is 5.73 Å². The molecule has 5 nitrogen and oxygen atoms in total. The van der Waals surface area contributed by atoms with Crippen molar-refractivity contribution in [2.24, 2.45) is 5.73 Å². The number of benzene rings is 2. The van der Waals surface area contributed by atoms with Crippen molar-refractivity contribution in [2.45, 2.75) is 0 Å². The fourth-order valence-corrected chi connectivity index (χ4v) is 2.74. The maximum Gasteiger partial charge on any atom is 0.317 e. The summed E-state index contributed by atoms with van der Waals surface area (Å²) in [5.74, 6) is 0.498. The van der Waals surface area contributed by atoms with Crippen molar-refractivity contribution in [3.8, 4) is 16.9 Å². The average molecular weight is 357 g/mol. The summed E-state index contributed by atoms with van der Waals surface area (Å²) in [4.78, 5) is 11.3. The molecule has 0 fully saturated rings. The lowest BCUT2D eigenvalue weighted by Crippen LogP contribution is -2.21. The predicted molar refractivity (Wildman–Crippen MR) is 89.9 cm³/mol. The summed E-state index contributed by atoms with van der Waals surface area (Å²) in [6, 6.07) is 18.6. The van der Waals surface area contributed by atoms with E-state index in [-0.39, 0.29) is 0 Å². The highest BCUT2D eigenvalue weighted by molar-refractivity contribution is 9.10. The van der Waals surface area contributed by atoms with Gasteiger partial charge in [0.05, 0.1) is 10.2 Å². The number of hydrogen-bond donors (Lipinski definition) is 2. The SMILES string of the molecule is NC(=O)Nc1c(Br)c(-c2ccccc2)nn1-c1ccccc1. The molecule has 22 heavy (non-hydrogen) atoms. The minimum absolute atomic E-state index is 0.498. The Kier molecular flexibility index (Phi) is 3.93. The highest BCUT2D eigenvalue weighted by Crippen LogP contribution is 2.35. The van der Waals surface area contributed by atoms with E-state index in [1.54, 1.807) is 4.68 Å². The number of carbonyl (C=O) groups excluding carboxylic acids is 1. The van der Waals surface area contributed by atoms with Gasteiger partial charge < -0.3 is 5.73 Å². The molecule has 0 aliphatic carbocycles. The number of urea groups is 1. The number of aromatic nitrogens is 2. The molecule has 0 atom stereocenters. The first-order chi connectivity index (χ1) is 10.7. The van der Waals surface area contributed by atoms with Crippen LogP contribution >= 0.6 is 15.9 Å². The number of nitrogens with zero attached hydrogens (tertiary/aromatic N) is 2. The Morgan fingerprint density at radius 2 is 1.64 bits per heavy atom. The summed E-state index contributed by atoms with van der Waals surface area (Å²) >= 11 is 3.51. The number of nitrogens with two attached hydrogens (primary N) is 1. The first-order valence-corrected chi connectivity index (χ1v) is 7.42. The summed E-state index contributed by atoms with van der Waals surface area (Å²) in [7, 11) is 0. The van der Waals surface area contributed by atoms with Gasteiger partial charge in [0.1, 0.15) is 5.69 Å². The molecule has 0 aliphatic heterocycles. The van der Waals surface area contributed by atoms with Crippen LogP contribution in [0.2, 0.25) is 0 Å². The first kappa shape index (κ1) is 14.3. The van der Waals surface area contributed by atoms with Gasteiger partial charge in [-0.25, -0.2) is 9.48 Å². The molecule has 0 unspecified atom stereocenters. The van der Waals surface area contributed by atoms with Gasteiger partial charge in [-0.15, -0.1) is 0 Å². The van der Waals surface area contributed by atoms with Gasteiger partial charge in [-0.1, -0.05) is 48.5 Å². The summed E-state index contributed by atoms with van der Waals surface area (Å²) in [5, 5.41) is 7.23. The minimum Gasteiger partial charge on any atom is -0.351 e. The summed E-state index contributed by atoms with van der Waals surface area (Å²) in [6.45, 7) is 0. The van der Waals surface area contributed by atoms with Crippen LogP contribution < -0.4 is 11.1 Å². The van der Waals surface area contributed by atoms with E-state index in [2.05, 4.69) is 26.3 Å². The van der Waals surface area contributed by atoms with Crippen LogP contribution in [-0.2, 0) is 0 Å². The first-order valence-electron chi connectivity index (χ1n) is 6.62. The summed E-state index contributed by atoms with van der Waals surface area (Å²) in [6.07, 6.45) is 0. The molecule has 0 saturated heterocycles. The van der Waals surface area contributed by atoms with Crippen molar-refractivity contribution in [2.75, 3.05) is 5.32 Å². The normalized spacial score (nSPS) is 10.4. The maximum absolute atomic E-state index is 11.3. The standard InChI is InChI=1S/C16H13BrN4O/c17-13-14(11-7-3-1-4-8-11)20-21(15(13)19-16(18)22)12-9-5-2-6-10-12/h1-10H,(H3,18,19,22). The van der Waals surface area contributed by atoms with Gasteiger partial charge in [0.2, 0.25) is 0 Å². The van der Waals surface area contributed by atoms with Crippen LogP contribution in [-0.4, -0.2) is 15.8 Å². The van der Waals surface area contributed by atoms with E-state index in [0.717, 1.165) is 16.9 Å². The molecule has 0 saturated carbocycles. The third-order valence-electron chi connectivity index (χ3n) is 3.12. The fourth-order valence-electron chi connectivity index (χ4n) is 2.16. The molecular formula is C16H13BrN4O. The van der Waals surface area contributed by atoms with Gasteiger partial charge in [-0.3, -0.25) is 5.32 Å². The molecule has 1 aromatic heterocycles. The van der Waals surface area contributed by atoms with Gasteiger partial charge in [0.25, 0.3) is 0 Å². The smallest absolute Gasteiger partial charge is 0.317 e. The molecule has 1 heterocycles. The lowest BCUT2D eigenvalue weighted by Gasteiger charge is -2.07. The largest absolute Gasteiger partial charge is 0.351 e. The molecule has 2 amide bonds. The number of carbonyl (C=O) groups is 1. The number of para-hydroxylation sites is 1. The lowest BCUT2D eigenvalue weighted by molar-refractivity contribution is 0.259. The Bertz CT molecular complexity index is 800. The minimum atomic E-state index is -0.641. The van der Waals surface area contributed by atoms with Gasteiger partial charge in [0, 0.05) is 5.56 Å². The van der Waals surface area contributed by atoms with Crippen molar-refractivity contribution in [3.05, 3.63) is 65.1 Å². The molecule has 0 bridgehead atoms. The van der Waals surface area contributed by atoms with Crippen LogP contribution in [0.3, 0.4) is 0 Å². The second-order valence-electron chi connectivity index (χ2n) is 4.61. The van der Waals surface area contributed by atoms with E-state index in [1.807, 2.05) is 60.7 Å². The van der Waals surface area contributed by atoms with Gasteiger partial charge in [-0.2, -0.15) is 5.10 Å². The molecule has 0 aliphatic rings. The maximum atomic E-state index is 11.3. The van der Waals surface area contributed by atoms with Gasteiger partial charge in [-0.05, 0) is 28.1 Å². The molecule has 6 heteroatoms. The molecule has 2 aromatic carbocycles. The molecule has 3 rings (SSSR count). The number of halogens is 1. The predicted octanol–water partition coefficient (Wildman–Crippen LogP) is 3.79. The number of amides is 2.